The van der Waals surface area contributed by atoms with Crippen molar-refractivity contribution < 1.29 is 0 Å². The van der Waals surface area contributed by atoms with Crippen LogP contribution in [0.25, 0.3) is 16.9 Å². The second kappa shape index (κ2) is 7.47. The van der Waals surface area contributed by atoms with E-state index < -0.39 is 0 Å². The summed E-state index contributed by atoms with van der Waals surface area (Å²) in [5.74, 6) is 0. The van der Waals surface area contributed by atoms with Gasteiger partial charge in [-0.1, -0.05) is 12.1 Å². The Labute approximate surface area is 168 Å². The summed E-state index contributed by atoms with van der Waals surface area (Å²) in [6.07, 6.45) is 5.88. The van der Waals surface area contributed by atoms with E-state index in [1.165, 1.54) is 4.88 Å². The first-order valence-corrected chi connectivity index (χ1v) is 10.5. The molecule has 1 aliphatic heterocycles. The Morgan fingerprint density at radius 1 is 1.07 bits per heavy atom. The molecule has 0 bridgehead atoms. The minimum absolute atomic E-state index is 0.305. The third kappa shape index (κ3) is 3.35. The lowest BCUT2D eigenvalue weighted by atomic mass is 10.1. The predicted molar refractivity (Wildman–Crippen MR) is 113 cm³/mol. The lowest BCUT2D eigenvalue weighted by molar-refractivity contribution is 0.0893. The molecule has 0 aliphatic carbocycles. The zero-order valence-electron chi connectivity index (χ0n) is 15.9. The highest BCUT2D eigenvalue weighted by Crippen LogP contribution is 2.28. The number of aromatic nitrogens is 3. The van der Waals surface area contributed by atoms with Gasteiger partial charge in [0.05, 0.1) is 17.4 Å². The molecule has 6 heteroatoms. The second-order valence-corrected chi connectivity index (χ2v) is 8.38. The van der Waals surface area contributed by atoms with E-state index >= 15 is 0 Å². The summed E-state index contributed by atoms with van der Waals surface area (Å²) in [6.45, 7) is 4.18. The molecule has 4 aromatic rings. The molecule has 0 radical (unpaired) electrons. The largest absolute Gasteiger partial charge is 0.299 e. The fraction of sp³-hybridized carbons (Fsp3) is 0.273. The van der Waals surface area contributed by atoms with Crippen molar-refractivity contribution in [2.45, 2.75) is 12.6 Å². The molecule has 5 nitrogen and oxygen atoms in total. The standard InChI is InChI=1S/C22H23N5S/c1-25-11-12-26(14-18-4-3-13-28-18)16-21(25)19-15-27-20(5-2-6-22(27)24-19)17-7-9-23-10-8-17/h2-10,13,15,21H,11-12,14,16H2,1H3/t21-/m1/s1. The fourth-order valence-corrected chi connectivity index (χ4v) is 4.71. The zero-order valence-corrected chi connectivity index (χ0v) is 16.7. The molecule has 1 saturated heterocycles. The Morgan fingerprint density at radius 2 is 1.96 bits per heavy atom. The van der Waals surface area contributed by atoms with Crippen LogP contribution < -0.4 is 0 Å². The molecule has 1 atom stereocenters. The van der Waals surface area contributed by atoms with Gasteiger partial charge in [-0.25, -0.2) is 4.98 Å². The molecular formula is C22H23N5S. The number of hydrogen-bond donors (Lipinski definition) is 0. The number of hydrogen-bond acceptors (Lipinski definition) is 5. The maximum absolute atomic E-state index is 4.99. The molecule has 0 amide bonds. The fourth-order valence-electron chi connectivity index (χ4n) is 3.96. The minimum atomic E-state index is 0.305. The number of thiophene rings is 1. The van der Waals surface area contributed by atoms with Gasteiger partial charge >= 0.3 is 0 Å². The van der Waals surface area contributed by atoms with Crippen LogP contribution in [-0.4, -0.2) is 50.9 Å². The maximum Gasteiger partial charge on any atom is 0.137 e. The van der Waals surface area contributed by atoms with E-state index in [-0.39, 0.29) is 0 Å². The Balaban J connectivity index is 1.46. The molecule has 0 N–H and O–H groups in total. The number of rotatable bonds is 4. The normalized spacial score (nSPS) is 18.7. The molecule has 4 aromatic heterocycles. The molecule has 1 aliphatic rings. The summed E-state index contributed by atoms with van der Waals surface area (Å²) in [5.41, 5.74) is 4.43. The number of piperazine rings is 1. The zero-order chi connectivity index (χ0) is 18.9. The van der Waals surface area contributed by atoms with Crippen molar-refractivity contribution in [1.29, 1.82) is 0 Å². The summed E-state index contributed by atoms with van der Waals surface area (Å²) >= 11 is 1.84. The van der Waals surface area contributed by atoms with E-state index in [0.29, 0.717) is 6.04 Å². The molecule has 5 rings (SSSR count). The van der Waals surface area contributed by atoms with Crippen LogP contribution in [0.3, 0.4) is 0 Å². The third-order valence-corrected chi connectivity index (χ3v) is 6.38. The summed E-state index contributed by atoms with van der Waals surface area (Å²) in [5, 5.41) is 2.16. The van der Waals surface area contributed by atoms with E-state index in [0.717, 1.165) is 48.8 Å². The lowest BCUT2D eigenvalue weighted by Crippen LogP contribution is -2.46. The third-order valence-electron chi connectivity index (χ3n) is 5.52. The van der Waals surface area contributed by atoms with E-state index in [1.807, 2.05) is 35.9 Å². The minimum Gasteiger partial charge on any atom is -0.299 e. The SMILES string of the molecule is CN1CCN(Cc2cccs2)C[C@@H]1c1cn2c(-c3ccncc3)cccc2n1. The quantitative estimate of drug-likeness (QED) is 0.530. The van der Waals surface area contributed by atoms with Gasteiger partial charge in [0.15, 0.2) is 0 Å². The smallest absolute Gasteiger partial charge is 0.137 e. The highest BCUT2D eigenvalue weighted by atomic mass is 32.1. The maximum atomic E-state index is 4.99. The van der Waals surface area contributed by atoms with E-state index in [1.54, 1.807) is 0 Å². The number of imidazole rings is 1. The Hall–Kier alpha value is -2.54. The molecule has 0 saturated carbocycles. The van der Waals surface area contributed by atoms with Crippen molar-refractivity contribution in [1.82, 2.24) is 24.2 Å². The van der Waals surface area contributed by atoms with Gasteiger partial charge in [0.1, 0.15) is 5.65 Å². The monoisotopic (exact) mass is 389 g/mol. The Bertz CT molecular complexity index is 1060. The number of pyridine rings is 2. The van der Waals surface area contributed by atoms with Crippen molar-refractivity contribution in [3.05, 3.63) is 77.0 Å². The topological polar surface area (TPSA) is 36.7 Å². The molecule has 28 heavy (non-hydrogen) atoms. The van der Waals surface area contributed by atoms with Crippen LogP contribution in [-0.2, 0) is 6.54 Å². The Morgan fingerprint density at radius 3 is 2.79 bits per heavy atom. The lowest BCUT2D eigenvalue weighted by Gasteiger charge is -2.38. The molecule has 5 heterocycles. The van der Waals surface area contributed by atoms with Crippen LogP contribution in [0.15, 0.2) is 66.4 Å². The number of nitrogens with zero attached hydrogens (tertiary/aromatic N) is 5. The molecule has 0 unspecified atom stereocenters. The van der Waals surface area contributed by atoms with Crippen LogP contribution in [0.1, 0.15) is 16.6 Å². The van der Waals surface area contributed by atoms with E-state index in [9.17, 15) is 0 Å². The van der Waals surface area contributed by atoms with Gasteiger partial charge in [-0.15, -0.1) is 11.3 Å². The number of likely N-dealkylation sites (N-methyl/N-ethyl adjacent to an activating group) is 1. The number of fused-ring (bicyclic) bond motifs is 1. The first-order valence-electron chi connectivity index (χ1n) is 9.61. The summed E-state index contributed by atoms with van der Waals surface area (Å²) in [6, 6.07) is 15.1. The summed E-state index contributed by atoms with van der Waals surface area (Å²) < 4.78 is 2.21. The van der Waals surface area contributed by atoms with Crippen molar-refractivity contribution >= 4 is 17.0 Å². The van der Waals surface area contributed by atoms with Crippen LogP contribution in [0.5, 0.6) is 0 Å². The van der Waals surface area contributed by atoms with Crippen molar-refractivity contribution in [3.63, 3.8) is 0 Å². The average molecular weight is 390 g/mol. The first-order chi connectivity index (χ1) is 13.8. The van der Waals surface area contributed by atoms with Crippen LogP contribution in [0, 0.1) is 0 Å². The van der Waals surface area contributed by atoms with Gasteiger partial charge in [0, 0.05) is 55.2 Å². The molecule has 142 valence electrons. The van der Waals surface area contributed by atoms with Crippen molar-refractivity contribution in [2.75, 3.05) is 26.7 Å². The van der Waals surface area contributed by atoms with Gasteiger partial charge in [-0.05, 0) is 42.8 Å². The first kappa shape index (κ1) is 17.6. The van der Waals surface area contributed by atoms with E-state index in [4.69, 9.17) is 4.98 Å². The van der Waals surface area contributed by atoms with Crippen LogP contribution in [0.2, 0.25) is 0 Å². The van der Waals surface area contributed by atoms with Crippen LogP contribution in [0.4, 0.5) is 0 Å². The highest BCUT2D eigenvalue weighted by molar-refractivity contribution is 7.09. The second-order valence-electron chi connectivity index (χ2n) is 7.35. The predicted octanol–water partition coefficient (Wildman–Crippen LogP) is 3.95. The van der Waals surface area contributed by atoms with E-state index in [2.05, 4.69) is 68.1 Å². The summed E-state index contributed by atoms with van der Waals surface area (Å²) in [4.78, 5) is 15.5. The van der Waals surface area contributed by atoms with Gasteiger partial charge in [-0.3, -0.25) is 19.2 Å². The average Bonchev–Trinajstić information content (AvgIpc) is 3.39. The van der Waals surface area contributed by atoms with Gasteiger partial charge in [-0.2, -0.15) is 0 Å². The summed E-state index contributed by atoms with van der Waals surface area (Å²) in [7, 11) is 2.21. The molecular weight excluding hydrogens is 366 g/mol. The Kier molecular flexibility index (Phi) is 4.68. The molecule has 0 aromatic carbocycles. The van der Waals surface area contributed by atoms with Crippen molar-refractivity contribution in [3.8, 4) is 11.3 Å². The highest BCUT2D eigenvalue weighted by Gasteiger charge is 2.28. The molecule has 0 spiro atoms. The van der Waals surface area contributed by atoms with Gasteiger partial charge < -0.3 is 0 Å². The van der Waals surface area contributed by atoms with Crippen LogP contribution >= 0.6 is 11.3 Å². The van der Waals surface area contributed by atoms with Gasteiger partial charge in [0.2, 0.25) is 0 Å². The molecule has 1 fully saturated rings. The van der Waals surface area contributed by atoms with Gasteiger partial charge in [0.25, 0.3) is 0 Å². The van der Waals surface area contributed by atoms with Crippen molar-refractivity contribution in [2.24, 2.45) is 0 Å².